The van der Waals surface area contributed by atoms with Crippen molar-refractivity contribution in [3.63, 3.8) is 0 Å². The van der Waals surface area contributed by atoms with E-state index in [0.29, 0.717) is 24.9 Å². The third kappa shape index (κ3) is 3.04. The fourth-order valence-corrected chi connectivity index (χ4v) is 2.36. The van der Waals surface area contributed by atoms with E-state index in [4.69, 9.17) is 4.74 Å². The zero-order chi connectivity index (χ0) is 13.8. The van der Waals surface area contributed by atoms with Crippen LogP contribution in [0.5, 0.6) is 5.75 Å². The van der Waals surface area contributed by atoms with Crippen LogP contribution in [0.3, 0.4) is 0 Å². The summed E-state index contributed by atoms with van der Waals surface area (Å²) < 4.78 is 18.8. The highest BCUT2D eigenvalue weighted by Gasteiger charge is 2.25. The van der Waals surface area contributed by atoms with Gasteiger partial charge in [-0.3, -0.25) is 4.79 Å². The molecule has 0 saturated carbocycles. The highest BCUT2D eigenvalue weighted by Crippen LogP contribution is 2.19. The number of amides is 1. The van der Waals surface area contributed by atoms with E-state index in [0.717, 1.165) is 12.8 Å². The molecule has 0 radical (unpaired) electrons. The van der Waals surface area contributed by atoms with Gasteiger partial charge < -0.3 is 15.0 Å². The molecule has 0 bridgehead atoms. The number of carbonyl (C=O) groups excluding carboxylic acids is 1. The molecule has 0 spiro atoms. The second-order valence-corrected chi connectivity index (χ2v) is 4.72. The van der Waals surface area contributed by atoms with Gasteiger partial charge in [0.15, 0.2) is 0 Å². The summed E-state index contributed by atoms with van der Waals surface area (Å²) in [4.78, 5) is 14.0. The van der Waals surface area contributed by atoms with Gasteiger partial charge in [0.1, 0.15) is 11.6 Å². The van der Waals surface area contributed by atoms with Crippen molar-refractivity contribution < 1.29 is 13.9 Å². The van der Waals surface area contributed by atoms with Gasteiger partial charge in [0.25, 0.3) is 5.91 Å². The molecule has 0 aromatic heterocycles. The highest BCUT2D eigenvalue weighted by atomic mass is 19.1. The number of nitrogens with zero attached hydrogens (tertiary/aromatic N) is 1. The molecule has 1 heterocycles. The van der Waals surface area contributed by atoms with E-state index in [1.165, 1.54) is 19.2 Å². The van der Waals surface area contributed by atoms with E-state index < -0.39 is 5.82 Å². The largest absolute Gasteiger partial charge is 0.497 e. The van der Waals surface area contributed by atoms with Gasteiger partial charge in [0, 0.05) is 25.2 Å². The summed E-state index contributed by atoms with van der Waals surface area (Å²) >= 11 is 0. The Morgan fingerprint density at radius 3 is 2.95 bits per heavy atom. The molecule has 1 aliphatic heterocycles. The summed E-state index contributed by atoms with van der Waals surface area (Å²) in [6.45, 7) is 1.31. The van der Waals surface area contributed by atoms with Gasteiger partial charge in [0.05, 0.1) is 12.7 Å². The molecule has 1 atom stereocenters. The van der Waals surface area contributed by atoms with Gasteiger partial charge in [-0.2, -0.15) is 0 Å². The quantitative estimate of drug-likeness (QED) is 0.904. The molecule has 2 rings (SSSR count). The minimum Gasteiger partial charge on any atom is -0.497 e. The molecule has 104 valence electrons. The number of nitrogens with one attached hydrogen (secondary N) is 1. The maximum absolute atomic E-state index is 13.9. The molecule has 1 amide bonds. The standard InChI is InChI=1S/C14H19FN2O2/c1-16-10-4-3-7-17(9-10)14(18)12-6-5-11(19-2)8-13(12)15/h5-6,8,10,16H,3-4,7,9H2,1-2H3. The van der Waals surface area contributed by atoms with Crippen molar-refractivity contribution in [3.8, 4) is 5.75 Å². The van der Waals surface area contributed by atoms with E-state index >= 15 is 0 Å². The molecule has 1 fully saturated rings. The molecule has 0 aliphatic carbocycles. The first kappa shape index (κ1) is 13.8. The van der Waals surface area contributed by atoms with Gasteiger partial charge in [0.2, 0.25) is 0 Å². The molecule has 1 aromatic rings. The normalized spacial score (nSPS) is 19.3. The van der Waals surface area contributed by atoms with Gasteiger partial charge >= 0.3 is 0 Å². The topological polar surface area (TPSA) is 41.6 Å². The maximum atomic E-state index is 13.9. The van der Waals surface area contributed by atoms with Crippen LogP contribution in [0.1, 0.15) is 23.2 Å². The molecule has 4 nitrogen and oxygen atoms in total. The lowest BCUT2D eigenvalue weighted by atomic mass is 10.0. The van der Waals surface area contributed by atoms with Crippen LogP contribution in [0.15, 0.2) is 18.2 Å². The average molecular weight is 266 g/mol. The molecular formula is C14H19FN2O2. The lowest BCUT2D eigenvalue weighted by Crippen LogP contribution is -2.47. The third-order valence-electron chi connectivity index (χ3n) is 3.52. The number of methoxy groups -OCH3 is 1. The van der Waals surface area contributed by atoms with Crippen LogP contribution in [0, 0.1) is 5.82 Å². The van der Waals surface area contributed by atoms with Crippen LogP contribution >= 0.6 is 0 Å². The minimum atomic E-state index is -0.532. The summed E-state index contributed by atoms with van der Waals surface area (Å²) in [5.41, 5.74) is 0.109. The number of rotatable bonds is 3. The Labute approximate surface area is 112 Å². The molecule has 1 aromatic carbocycles. The molecule has 5 heteroatoms. The number of hydrogen-bond donors (Lipinski definition) is 1. The zero-order valence-corrected chi connectivity index (χ0v) is 11.3. The van der Waals surface area contributed by atoms with Crippen LogP contribution in [0.25, 0.3) is 0 Å². The van der Waals surface area contributed by atoms with Crippen LogP contribution < -0.4 is 10.1 Å². The van der Waals surface area contributed by atoms with Crippen molar-refractivity contribution in [2.24, 2.45) is 0 Å². The lowest BCUT2D eigenvalue weighted by molar-refractivity contribution is 0.0693. The summed E-state index contributed by atoms with van der Waals surface area (Å²) in [6.07, 6.45) is 1.99. The second-order valence-electron chi connectivity index (χ2n) is 4.72. The van der Waals surface area contributed by atoms with Crippen molar-refractivity contribution in [2.45, 2.75) is 18.9 Å². The number of ether oxygens (including phenoxy) is 1. The number of halogens is 1. The fourth-order valence-electron chi connectivity index (χ4n) is 2.36. The Hall–Kier alpha value is -1.62. The average Bonchev–Trinajstić information content (AvgIpc) is 2.46. The SMILES string of the molecule is CNC1CCCN(C(=O)c2ccc(OC)cc2F)C1. The smallest absolute Gasteiger partial charge is 0.256 e. The molecule has 1 unspecified atom stereocenters. The van der Waals surface area contributed by atoms with Crippen molar-refractivity contribution >= 4 is 5.91 Å². The highest BCUT2D eigenvalue weighted by molar-refractivity contribution is 5.94. The number of hydrogen-bond acceptors (Lipinski definition) is 3. The monoisotopic (exact) mass is 266 g/mol. The van der Waals surface area contributed by atoms with Crippen molar-refractivity contribution in [3.05, 3.63) is 29.6 Å². The number of carbonyl (C=O) groups is 1. The molecule has 1 N–H and O–H groups in total. The maximum Gasteiger partial charge on any atom is 0.256 e. The second kappa shape index (κ2) is 6.02. The number of likely N-dealkylation sites (N-methyl/N-ethyl adjacent to an activating group) is 1. The molecule has 19 heavy (non-hydrogen) atoms. The first-order valence-corrected chi connectivity index (χ1v) is 6.45. The number of piperidine rings is 1. The predicted molar refractivity (Wildman–Crippen MR) is 70.9 cm³/mol. The van der Waals surface area contributed by atoms with Gasteiger partial charge in [-0.05, 0) is 32.0 Å². The fraction of sp³-hybridized carbons (Fsp3) is 0.500. The number of likely N-dealkylation sites (tertiary alicyclic amines) is 1. The summed E-state index contributed by atoms with van der Waals surface area (Å²) in [5.74, 6) is -0.364. The Morgan fingerprint density at radius 1 is 1.53 bits per heavy atom. The lowest BCUT2D eigenvalue weighted by Gasteiger charge is -2.32. The summed E-state index contributed by atoms with van der Waals surface area (Å²) in [5, 5.41) is 3.17. The Morgan fingerprint density at radius 2 is 2.32 bits per heavy atom. The first-order chi connectivity index (χ1) is 9.15. The van der Waals surface area contributed by atoms with Gasteiger partial charge in [-0.15, -0.1) is 0 Å². The van der Waals surface area contributed by atoms with Crippen molar-refractivity contribution in [2.75, 3.05) is 27.2 Å². The first-order valence-electron chi connectivity index (χ1n) is 6.45. The minimum absolute atomic E-state index is 0.109. The van der Waals surface area contributed by atoms with E-state index in [1.54, 1.807) is 11.0 Å². The van der Waals surface area contributed by atoms with Crippen molar-refractivity contribution in [1.82, 2.24) is 10.2 Å². The molecule has 1 saturated heterocycles. The summed E-state index contributed by atoms with van der Waals surface area (Å²) in [6, 6.07) is 4.63. The predicted octanol–water partition coefficient (Wildman–Crippen LogP) is 1.66. The van der Waals surface area contributed by atoms with E-state index in [1.807, 2.05) is 7.05 Å². The molecule has 1 aliphatic rings. The number of benzene rings is 1. The van der Waals surface area contributed by atoms with Crippen LogP contribution in [-0.2, 0) is 0 Å². The third-order valence-corrected chi connectivity index (χ3v) is 3.52. The Bertz CT molecular complexity index is 465. The van der Waals surface area contributed by atoms with Crippen LogP contribution in [0.4, 0.5) is 4.39 Å². The van der Waals surface area contributed by atoms with Crippen LogP contribution in [-0.4, -0.2) is 44.1 Å². The van der Waals surface area contributed by atoms with E-state index in [9.17, 15) is 9.18 Å². The van der Waals surface area contributed by atoms with E-state index in [-0.39, 0.29) is 11.5 Å². The van der Waals surface area contributed by atoms with Gasteiger partial charge in [-0.25, -0.2) is 4.39 Å². The van der Waals surface area contributed by atoms with Crippen molar-refractivity contribution in [1.29, 1.82) is 0 Å². The molecular weight excluding hydrogens is 247 g/mol. The summed E-state index contributed by atoms with van der Waals surface area (Å²) in [7, 11) is 3.35. The Balaban J connectivity index is 2.15. The Kier molecular flexibility index (Phi) is 4.37. The van der Waals surface area contributed by atoms with Crippen LogP contribution in [0.2, 0.25) is 0 Å². The van der Waals surface area contributed by atoms with Gasteiger partial charge in [-0.1, -0.05) is 0 Å². The van der Waals surface area contributed by atoms with E-state index in [2.05, 4.69) is 5.32 Å². The zero-order valence-electron chi connectivity index (χ0n) is 11.3.